The van der Waals surface area contributed by atoms with Gasteiger partial charge in [0.05, 0.1) is 16.6 Å². The number of carbonyl (C=O) groups excluding carboxylic acids is 1. The highest BCUT2D eigenvalue weighted by Gasteiger charge is 2.21. The number of aryl methyl sites for hydroxylation is 2. The first-order valence-electron chi connectivity index (χ1n) is 7.19. The lowest BCUT2D eigenvalue weighted by Crippen LogP contribution is -2.36. The van der Waals surface area contributed by atoms with E-state index in [0.717, 1.165) is 23.9 Å². The number of fused-ring (bicyclic) bond motifs is 1. The van der Waals surface area contributed by atoms with Crippen molar-refractivity contribution >= 4 is 17.0 Å². The van der Waals surface area contributed by atoms with Crippen LogP contribution in [0.4, 0.5) is 0 Å². The average molecular weight is 273 g/mol. The lowest BCUT2D eigenvalue weighted by Gasteiger charge is -2.22. The topological polar surface area (TPSA) is 68.0 Å². The zero-order chi connectivity index (χ0) is 14.1. The normalized spacial score (nSPS) is 16.5. The number of aromatic nitrogens is 2. The lowest BCUT2D eigenvalue weighted by atomic mass is 9.95. The SMILES string of the molecule is Cc1cc(C(=O)NC2CCCCC2)c2c(C)noc2n1. The van der Waals surface area contributed by atoms with E-state index in [4.69, 9.17) is 4.52 Å². The number of hydrogen-bond donors (Lipinski definition) is 1. The number of nitrogens with zero attached hydrogens (tertiary/aromatic N) is 2. The molecule has 0 bridgehead atoms. The summed E-state index contributed by atoms with van der Waals surface area (Å²) in [5.41, 5.74) is 2.54. The fourth-order valence-electron chi connectivity index (χ4n) is 2.91. The Kier molecular flexibility index (Phi) is 3.42. The number of rotatable bonds is 2. The highest BCUT2D eigenvalue weighted by atomic mass is 16.5. The molecule has 1 fully saturated rings. The van der Waals surface area contributed by atoms with Gasteiger partial charge in [0.15, 0.2) is 0 Å². The maximum atomic E-state index is 12.5. The zero-order valence-corrected chi connectivity index (χ0v) is 11.9. The van der Waals surface area contributed by atoms with Crippen molar-refractivity contribution in [2.24, 2.45) is 0 Å². The molecular formula is C15H19N3O2. The molecule has 0 aromatic carbocycles. The highest BCUT2D eigenvalue weighted by molar-refractivity contribution is 6.06. The van der Waals surface area contributed by atoms with Gasteiger partial charge in [0.25, 0.3) is 11.6 Å². The minimum absolute atomic E-state index is 0.0429. The minimum atomic E-state index is -0.0429. The van der Waals surface area contributed by atoms with E-state index in [1.54, 1.807) is 0 Å². The first-order valence-corrected chi connectivity index (χ1v) is 7.19. The smallest absolute Gasteiger partial charge is 0.258 e. The monoisotopic (exact) mass is 273 g/mol. The molecule has 0 atom stereocenters. The van der Waals surface area contributed by atoms with Crippen molar-refractivity contribution < 1.29 is 9.32 Å². The fourth-order valence-corrected chi connectivity index (χ4v) is 2.91. The number of amides is 1. The summed E-state index contributed by atoms with van der Waals surface area (Å²) in [5, 5.41) is 7.77. The van der Waals surface area contributed by atoms with Crippen LogP contribution in [0.25, 0.3) is 11.1 Å². The average Bonchev–Trinajstić information content (AvgIpc) is 2.80. The van der Waals surface area contributed by atoms with E-state index in [9.17, 15) is 4.79 Å². The van der Waals surface area contributed by atoms with Crippen molar-refractivity contribution in [3.63, 3.8) is 0 Å². The van der Waals surface area contributed by atoms with Crippen LogP contribution < -0.4 is 5.32 Å². The molecular weight excluding hydrogens is 254 g/mol. The molecule has 0 saturated heterocycles. The number of pyridine rings is 1. The van der Waals surface area contributed by atoms with Gasteiger partial charge in [-0.05, 0) is 32.8 Å². The summed E-state index contributed by atoms with van der Waals surface area (Å²) in [4.78, 5) is 16.8. The van der Waals surface area contributed by atoms with Gasteiger partial charge in [-0.2, -0.15) is 0 Å². The summed E-state index contributed by atoms with van der Waals surface area (Å²) < 4.78 is 5.17. The first kappa shape index (κ1) is 13.1. The largest absolute Gasteiger partial charge is 0.349 e. The van der Waals surface area contributed by atoms with Crippen LogP contribution in [0.15, 0.2) is 10.6 Å². The molecule has 5 nitrogen and oxygen atoms in total. The van der Waals surface area contributed by atoms with E-state index >= 15 is 0 Å². The second kappa shape index (κ2) is 5.23. The molecule has 0 aliphatic heterocycles. The van der Waals surface area contributed by atoms with E-state index in [-0.39, 0.29) is 5.91 Å². The number of carbonyl (C=O) groups is 1. The van der Waals surface area contributed by atoms with Crippen molar-refractivity contribution in [2.45, 2.75) is 52.0 Å². The fraction of sp³-hybridized carbons (Fsp3) is 0.533. The van der Waals surface area contributed by atoms with Gasteiger partial charge in [-0.25, -0.2) is 4.98 Å². The summed E-state index contributed by atoms with van der Waals surface area (Å²) in [7, 11) is 0. The summed E-state index contributed by atoms with van der Waals surface area (Å²) in [6, 6.07) is 2.10. The maximum Gasteiger partial charge on any atom is 0.258 e. The van der Waals surface area contributed by atoms with Crippen LogP contribution in [0.1, 0.15) is 53.8 Å². The van der Waals surface area contributed by atoms with Crippen LogP contribution in [0.5, 0.6) is 0 Å². The second-order valence-electron chi connectivity index (χ2n) is 5.57. The van der Waals surface area contributed by atoms with Crippen molar-refractivity contribution in [1.82, 2.24) is 15.5 Å². The molecule has 2 aromatic rings. The van der Waals surface area contributed by atoms with Crippen LogP contribution in [-0.4, -0.2) is 22.1 Å². The van der Waals surface area contributed by atoms with Crippen LogP contribution in [-0.2, 0) is 0 Å². The first-order chi connectivity index (χ1) is 9.65. The van der Waals surface area contributed by atoms with Crippen LogP contribution in [0.2, 0.25) is 0 Å². The molecule has 1 N–H and O–H groups in total. The molecule has 5 heteroatoms. The molecule has 1 aliphatic carbocycles. The Morgan fingerprint density at radius 2 is 2.05 bits per heavy atom. The summed E-state index contributed by atoms with van der Waals surface area (Å²) in [5.74, 6) is -0.0429. The minimum Gasteiger partial charge on any atom is -0.349 e. The number of hydrogen-bond acceptors (Lipinski definition) is 4. The molecule has 1 saturated carbocycles. The molecule has 20 heavy (non-hydrogen) atoms. The predicted molar refractivity (Wildman–Crippen MR) is 75.6 cm³/mol. The summed E-state index contributed by atoms with van der Waals surface area (Å²) in [6.07, 6.45) is 5.81. The Hall–Kier alpha value is -1.91. The van der Waals surface area contributed by atoms with Crippen molar-refractivity contribution in [3.05, 3.63) is 23.0 Å². The third kappa shape index (κ3) is 2.40. The Balaban J connectivity index is 1.92. The Bertz CT molecular complexity index is 642. The van der Waals surface area contributed by atoms with Gasteiger partial charge in [0, 0.05) is 11.7 Å². The maximum absolute atomic E-state index is 12.5. The lowest BCUT2D eigenvalue weighted by molar-refractivity contribution is 0.0929. The molecule has 3 rings (SSSR count). The van der Waals surface area contributed by atoms with Crippen molar-refractivity contribution in [1.29, 1.82) is 0 Å². The molecule has 2 heterocycles. The third-order valence-electron chi connectivity index (χ3n) is 3.93. The van der Waals surface area contributed by atoms with E-state index in [1.165, 1.54) is 19.3 Å². The van der Waals surface area contributed by atoms with Crippen LogP contribution in [0, 0.1) is 13.8 Å². The highest BCUT2D eigenvalue weighted by Crippen LogP contribution is 2.23. The van der Waals surface area contributed by atoms with Gasteiger partial charge in [-0.1, -0.05) is 24.4 Å². The van der Waals surface area contributed by atoms with E-state index in [2.05, 4.69) is 15.5 Å². The molecule has 1 aliphatic rings. The molecule has 0 radical (unpaired) electrons. The molecule has 106 valence electrons. The Morgan fingerprint density at radius 3 is 2.80 bits per heavy atom. The molecule has 0 unspecified atom stereocenters. The molecule has 1 amide bonds. The third-order valence-corrected chi connectivity index (χ3v) is 3.93. The van der Waals surface area contributed by atoms with Gasteiger partial charge in [0.1, 0.15) is 0 Å². The second-order valence-corrected chi connectivity index (χ2v) is 5.57. The predicted octanol–water partition coefficient (Wildman–Crippen LogP) is 2.90. The zero-order valence-electron chi connectivity index (χ0n) is 11.9. The Morgan fingerprint density at radius 1 is 1.30 bits per heavy atom. The molecule has 0 spiro atoms. The van der Waals surface area contributed by atoms with Crippen LogP contribution >= 0.6 is 0 Å². The van der Waals surface area contributed by atoms with Crippen LogP contribution in [0.3, 0.4) is 0 Å². The van der Waals surface area contributed by atoms with E-state index in [1.807, 2.05) is 19.9 Å². The van der Waals surface area contributed by atoms with E-state index in [0.29, 0.717) is 23.0 Å². The molecule has 2 aromatic heterocycles. The van der Waals surface area contributed by atoms with Gasteiger partial charge < -0.3 is 9.84 Å². The van der Waals surface area contributed by atoms with Crippen molar-refractivity contribution in [2.75, 3.05) is 0 Å². The van der Waals surface area contributed by atoms with Gasteiger partial charge in [0.2, 0.25) is 0 Å². The Labute approximate surface area is 117 Å². The standard InChI is InChI=1S/C15H19N3O2/c1-9-8-12(13-10(2)18-20-15(13)16-9)14(19)17-11-6-4-3-5-7-11/h8,11H,3-7H2,1-2H3,(H,17,19). The summed E-state index contributed by atoms with van der Waals surface area (Å²) >= 11 is 0. The number of nitrogens with one attached hydrogen (secondary N) is 1. The summed E-state index contributed by atoms with van der Waals surface area (Å²) in [6.45, 7) is 3.69. The quantitative estimate of drug-likeness (QED) is 0.913. The van der Waals surface area contributed by atoms with Crippen molar-refractivity contribution in [3.8, 4) is 0 Å². The van der Waals surface area contributed by atoms with E-state index < -0.39 is 0 Å². The van der Waals surface area contributed by atoms with Gasteiger partial charge in [-0.3, -0.25) is 4.79 Å². The van der Waals surface area contributed by atoms with Gasteiger partial charge >= 0.3 is 0 Å². The van der Waals surface area contributed by atoms with Gasteiger partial charge in [-0.15, -0.1) is 0 Å².